The molecule has 2 heterocycles. The summed E-state index contributed by atoms with van der Waals surface area (Å²) >= 11 is 5.83. The topological polar surface area (TPSA) is 61.0 Å². The highest BCUT2D eigenvalue weighted by Crippen LogP contribution is 2.29. The number of ether oxygens (including phenoxy) is 1. The van der Waals surface area contributed by atoms with E-state index in [0.29, 0.717) is 27.9 Å². The zero-order chi connectivity index (χ0) is 13.2. The first-order valence-corrected chi connectivity index (χ1v) is 6.04. The first-order chi connectivity index (χ1) is 9.24. The van der Waals surface area contributed by atoms with E-state index in [4.69, 9.17) is 22.1 Å². The Morgan fingerprint density at radius 2 is 1.84 bits per heavy atom. The number of fused-ring (bicyclic) bond motifs is 1. The molecule has 0 spiro atoms. The maximum absolute atomic E-state index is 5.86. The standard InChI is InChI=1S/C14H10ClN3O/c15-9-3-5-10(6-4-9)19-14-13-11(2-1-7-17-13)12(16)8-18-14/h1-8H,16H2. The second-order valence-electron chi connectivity index (χ2n) is 3.97. The molecule has 2 N–H and O–H groups in total. The fourth-order valence-corrected chi connectivity index (χ4v) is 1.88. The van der Waals surface area contributed by atoms with Crippen LogP contribution in [-0.2, 0) is 0 Å². The van der Waals surface area contributed by atoms with Gasteiger partial charge in [0.1, 0.15) is 11.3 Å². The molecule has 0 aliphatic rings. The number of hydrogen-bond donors (Lipinski definition) is 1. The van der Waals surface area contributed by atoms with Crippen molar-refractivity contribution < 1.29 is 4.74 Å². The summed E-state index contributed by atoms with van der Waals surface area (Å²) in [7, 11) is 0. The predicted molar refractivity (Wildman–Crippen MR) is 75.5 cm³/mol. The molecule has 0 radical (unpaired) electrons. The highest BCUT2D eigenvalue weighted by molar-refractivity contribution is 6.30. The molecule has 1 aromatic carbocycles. The van der Waals surface area contributed by atoms with Gasteiger partial charge >= 0.3 is 0 Å². The minimum Gasteiger partial charge on any atom is -0.437 e. The van der Waals surface area contributed by atoms with Crippen LogP contribution in [0, 0.1) is 0 Å². The van der Waals surface area contributed by atoms with Gasteiger partial charge in [-0.15, -0.1) is 0 Å². The Bertz CT molecular complexity index is 728. The summed E-state index contributed by atoms with van der Waals surface area (Å²) in [6.07, 6.45) is 3.24. The molecule has 0 saturated heterocycles. The summed E-state index contributed by atoms with van der Waals surface area (Å²) < 4.78 is 5.71. The van der Waals surface area contributed by atoms with Gasteiger partial charge in [0.05, 0.1) is 11.9 Å². The van der Waals surface area contributed by atoms with Crippen molar-refractivity contribution in [1.29, 1.82) is 0 Å². The van der Waals surface area contributed by atoms with Crippen LogP contribution in [0.15, 0.2) is 48.8 Å². The van der Waals surface area contributed by atoms with Gasteiger partial charge < -0.3 is 10.5 Å². The van der Waals surface area contributed by atoms with Crippen LogP contribution in [0.4, 0.5) is 5.69 Å². The molecule has 0 aliphatic carbocycles. The van der Waals surface area contributed by atoms with Crippen LogP contribution in [0.5, 0.6) is 11.6 Å². The van der Waals surface area contributed by atoms with Crippen molar-refractivity contribution in [2.45, 2.75) is 0 Å². The summed E-state index contributed by atoms with van der Waals surface area (Å²) in [6, 6.07) is 10.8. The molecule has 94 valence electrons. The van der Waals surface area contributed by atoms with Crippen LogP contribution in [-0.4, -0.2) is 9.97 Å². The van der Waals surface area contributed by atoms with Crippen molar-refractivity contribution in [3.8, 4) is 11.6 Å². The summed E-state index contributed by atoms with van der Waals surface area (Å²) in [5.41, 5.74) is 7.07. The Morgan fingerprint density at radius 1 is 1.05 bits per heavy atom. The number of pyridine rings is 2. The summed E-state index contributed by atoms with van der Waals surface area (Å²) in [5.74, 6) is 1.07. The molecule has 0 atom stereocenters. The molecule has 0 bridgehead atoms. The van der Waals surface area contributed by atoms with Gasteiger partial charge in [-0.05, 0) is 36.4 Å². The molecule has 3 aromatic rings. The normalized spacial score (nSPS) is 10.6. The quantitative estimate of drug-likeness (QED) is 0.773. The third kappa shape index (κ3) is 2.30. The van der Waals surface area contributed by atoms with E-state index in [9.17, 15) is 0 Å². The fourth-order valence-electron chi connectivity index (χ4n) is 1.76. The largest absolute Gasteiger partial charge is 0.437 e. The minimum absolute atomic E-state index is 0.423. The van der Waals surface area contributed by atoms with Crippen molar-refractivity contribution >= 4 is 28.2 Å². The lowest BCUT2D eigenvalue weighted by molar-refractivity contribution is 0.468. The van der Waals surface area contributed by atoms with Crippen LogP contribution in [0.2, 0.25) is 5.02 Å². The van der Waals surface area contributed by atoms with E-state index in [1.54, 1.807) is 36.7 Å². The van der Waals surface area contributed by atoms with Gasteiger partial charge in [0, 0.05) is 16.6 Å². The van der Waals surface area contributed by atoms with Crippen molar-refractivity contribution in [1.82, 2.24) is 9.97 Å². The lowest BCUT2D eigenvalue weighted by Gasteiger charge is -2.08. The van der Waals surface area contributed by atoms with E-state index in [-0.39, 0.29) is 0 Å². The number of halogens is 1. The SMILES string of the molecule is Nc1cnc(Oc2ccc(Cl)cc2)c2ncccc12. The lowest BCUT2D eigenvalue weighted by atomic mass is 10.2. The third-order valence-corrected chi connectivity index (χ3v) is 2.92. The Balaban J connectivity index is 2.06. The zero-order valence-electron chi connectivity index (χ0n) is 9.88. The van der Waals surface area contributed by atoms with E-state index < -0.39 is 0 Å². The van der Waals surface area contributed by atoms with E-state index >= 15 is 0 Å². The molecule has 19 heavy (non-hydrogen) atoms. The van der Waals surface area contributed by atoms with E-state index in [1.807, 2.05) is 12.1 Å². The second-order valence-corrected chi connectivity index (χ2v) is 4.41. The van der Waals surface area contributed by atoms with Crippen LogP contribution in [0.25, 0.3) is 10.9 Å². The summed E-state index contributed by atoms with van der Waals surface area (Å²) in [5, 5.41) is 1.47. The molecule has 0 unspecified atom stereocenters. The lowest BCUT2D eigenvalue weighted by Crippen LogP contribution is -1.95. The number of anilines is 1. The van der Waals surface area contributed by atoms with Gasteiger partial charge in [0.25, 0.3) is 0 Å². The minimum atomic E-state index is 0.423. The Morgan fingerprint density at radius 3 is 2.63 bits per heavy atom. The first kappa shape index (κ1) is 11.7. The monoisotopic (exact) mass is 271 g/mol. The number of nitrogens with two attached hydrogens (primary N) is 1. The van der Waals surface area contributed by atoms with E-state index in [2.05, 4.69) is 9.97 Å². The number of rotatable bonds is 2. The highest BCUT2D eigenvalue weighted by Gasteiger charge is 2.08. The number of hydrogen-bond acceptors (Lipinski definition) is 4. The first-order valence-electron chi connectivity index (χ1n) is 5.66. The summed E-state index contributed by atoms with van der Waals surface area (Å²) in [6.45, 7) is 0. The summed E-state index contributed by atoms with van der Waals surface area (Å²) in [4.78, 5) is 8.44. The predicted octanol–water partition coefficient (Wildman–Crippen LogP) is 3.66. The average Bonchev–Trinajstić information content (AvgIpc) is 2.45. The molecule has 0 amide bonds. The van der Waals surface area contributed by atoms with Gasteiger partial charge in [-0.3, -0.25) is 4.98 Å². The van der Waals surface area contributed by atoms with Crippen molar-refractivity contribution in [2.24, 2.45) is 0 Å². The molecule has 0 aliphatic heterocycles. The van der Waals surface area contributed by atoms with Crippen LogP contribution < -0.4 is 10.5 Å². The van der Waals surface area contributed by atoms with Crippen LogP contribution >= 0.6 is 11.6 Å². The maximum atomic E-state index is 5.86. The Kier molecular flexibility index (Phi) is 2.93. The molecule has 4 nitrogen and oxygen atoms in total. The Labute approximate surface area is 114 Å². The van der Waals surface area contributed by atoms with Gasteiger partial charge in [-0.25, -0.2) is 4.98 Å². The molecule has 0 saturated carbocycles. The Hall–Kier alpha value is -2.33. The third-order valence-electron chi connectivity index (χ3n) is 2.67. The number of benzene rings is 1. The average molecular weight is 272 g/mol. The van der Waals surface area contributed by atoms with Gasteiger partial charge in [0.15, 0.2) is 0 Å². The van der Waals surface area contributed by atoms with Crippen molar-refractivity contribution in [2.75, 3.05) is 5.73 Å². The van der Waals surface area contributed by atoms with Crippen molar-refractivity contribution in [3.63, 3.8) is 0 Å². The zero-order valence-corrected chi connectivity index (χ0v) is 10.6. The van der Waals surface area contributed by atoms with Crippen LogP contribution in [0.3, 0.4) is 0 Å². The second kappa shape index (κ2) is 4.74. The van der Waals surface area contributed by atoms with Crippen molar-refractivity contribution in [3.05, 3.63) is 53.8 Å². The molecule has 2 aromatic heterocycles. The van der Waals surface area contributed by atoms with E-state index in [0.717, 1.165) is 5.39 Å². The molecular weight excluding hydrogens is 262 g/mol. The van der Waals surface area contributed by atoms with Gasteiger partial charge in [0.2, 0.25) is 5.88 Å². The smallest absolute Gasteiger partial charge is 0.246 e. The number of aromatic nitrogens is 2. The number of nitrogens with zero attached hydrogens (tertiary/aromatic N) is 2. The van der Waals surface area contributed by atoms with E-state index in [1.165, 1.54) is 0 Å². The van der Waals surface area contributed by atoms with Crippen LogP contribution in [0.1, 0.15) is 0 Å². The molecular formula is C14H10ClN3O. The maximum Gasteiger partial charge on any atom is 0.246 e. The molecule has 5 heteroatoms. The molecule has 0 fully saturated rings. The van der Waals surface area contributed by atoms with Gasteiger partial charge in [-0.1, -0.05) is 11.6 Å². The highest BCUT2D eigenvalue weighted by atomic mass is 35.5. The number of nitrogen functional groups attached to an aromatic ring is 1. The van der Waals surface area contributed by atoms with Gasteiger partial charge in [-0.2, -0.15) is 0 Å². The molecule has 3 rings (SSSR count). The fraction of sp³-hybridized carbons (Fsp3) is 0.